The minimum atomic E-state index is -3.23. The van der Waals surface area contributed by atoms with Crippen molar-refractivity contribution in [1.29, 1.82) is 0 Å². The van der Waals surface area contributed by atoms with E-state index in [0.717, 1.165) is 30.4 Å². The number of sulfonamides is 1. The van der Waals surface area contributed by atoms with E-state index in [1.54, 1.807) is 0 Å². The van der Waals surface area contributed by atoms with E-state index in [1.807, 2.05) is 24.3 Å². The molecule has 18 heavy (non-hydrogen) atoms. The monoisotopic (exact) mass is 270 g/mol. The lowest BCUT2D eigenvalue weighted by atomic mass is 10.1. The highest BCUT2D eigenvalue weighted by Gasteiger charge is 2.10. The van der Waals surface area contributed by atoms with Crippen LogP contribution < -0.4 is 10.5 Å². The SMILES string of the molecule is CCCCCNS(=O)(=O)Cc1cccc(CN)c1. The van der Waals surface area contributed by atoms with Crippen molar-refractivity contribution in [1.82, 2.24) is 4.72 Å². The molecule has 0 aliphatic rings. The maximum absolute atomic E-state index is 11.8. The molecular formula is C13H22N2O2S. The molecule has 0 amide bonds. The Kier molecular flexibility index (Phi) is 6.32. The van der Waals surface area contributed by atoms with Crippen molar-refractivity contribution in [2.45, 2.75) is 38.5 Å². The number of hydrogen-bond acceptors (Lipinski definition) is 3. The summed E-state index contributed by atoms with van der Waals surface area (Å²) >= 11 is 0. The minimum absolute atomic E-state index is 0.0208. The van der Waals surface area contributed by atoms with Crippen LogP contribution in [-0.4, -0.2) is 15.0 Å². The molecule has 0 spiro atoms. The Balaban J connectivity index is 2.53. The Morgan fingerprint density at radius 3 is 2.61 bits per heavy atom. The number of hydrogen-bond donors (Lipinski definition) is 2. The maximum Gasteiger partial charge on any atom is 0.215 e. The lowest BCUT2D eigenvalue weighted by molar-refractivity contribution is 0.575. The van der Waals surface area contributed by atoms with E-state index < -0.39 is 10.0 Å². The minimum Gasteiger partial charge on any atom is -0.326 e. The van der Waals surface area contributed by atoms with Gasteiger partial charge in [-0.3, -0.25) is 0 Å². The van der Waals surface area contributed by atoms with Crippen LogP contribution in [0.15, 0.2) is 24.3 Å². The van der Waals surface area contributed by atoms with Gasteiger partial charge in [0.1, 0.15) is 0 Å². The third kappa shape index (κ3) is 5.62. The molecular weight excluding hydrogens is 248 g/mol. The van der Waals surface area contributed by atoms with E-state index in [1.165, 1.54) is 0 Å². The normalized spacial score (nSPS) is 11.7. The summed E-state index contributed by atoms with van der Waals surface area (Å²) < 4.78 is 26.3. The van der Waals surface area contributed by atoms with Crippen LogP contribution in [-0.2, 0) is 22.3 Å². The predicted molar refractivity (Wildman–Crippen MR) is 74.5 cm³/mol. The van der Waals surface area contributed by atoms with Crippen LogP contribution in [0.3, 0.4) is 0 Å². The van der Waals surface area contributed by atoms with Gasteiger partial charge in [0.2, 0.25) is 10.0 Å². The lowest BCUT2D eigenvalue weighted by Gasteiger charge is -2.07. The highest BCUT2D eigenvalue weighted by atomic mass is 32.2. The van der Waals surface area contributed by atoms with Crippen LogP contribution in [0.25, 0.3) is 0 Å². The van der Waals surface area contributed by atoms with Crippen molar-refractivity contribution >= 4 is 10.0 Å². The van der Waals surface area contributed by atoms with Crippen LogP contribution >= 0.6 is 0 Å². The van der Waals surface area contributed by atoms with Crippen molar-refractivity contribution in [3.63, 3.8) is 0 Å². The van der Waals surface area contributed by atoms with Gasteiger partial charge < -0.3 is 5.73 Å². The van der Waals surface area contributed by atoms with Gasteiger partial charge >= 0.3 is 0 Å². The summed E-state index contributed by atoms with van der Waals surface area (Å²) in [6.07, 6.45) is 3.02. The Hall–Kier alpha value is -0.910. The van der Waals surface area contributed by atoms with Gasteiger partial charge in [-0.2, -0.15) is 0 Å². The fourth-order valence-electron chi connectivity index (χ4n) is 1.72. The third-order valence-corrected chi connectivity index (χ3v) is 4.04. The zero-order valence-corrected chi connectivity index (χ0v) is 11.7. The fourth-order valence-corrected chi connectivity index (χ4v) is 2.90. The Bertz CT molecular complexity index is 458. The van der Waals surface area contributed by atoms with Crippen molar-refractivity contribution in [3.8, 4) is 0 Å². The van der Waals surface area contributed by atoms with Crippen molar-refractivity contribution in [2.24, 2.45) is 5.73 Å². The number of nitrogens with two attached hydrogens (primary N) is 1. The molecule has 0 aliphatic heterocycles. The average Bonchev–Trinajstić information content (AvgIpc) is 2.34. The van der Waals surface area contributed by atoms with E-state index >= 15 is 0 Å². The standard InChI is InChI=1S/C13H22N2O2S/c1-2-3-4-8-15-18(16,17)11-13-7-5-6-12(9-13)10-14/h5-7,9,15H,2-4,8,10-11,14H2,1H3. The first-order valence-electron chi connectivity index (χ1n) is 6.32. The molecule has 0 atom stereocenters. The third-order valence-electron chi connectivity index (χ3n) is 2.69. The number of nitrogens with one attached hydrogen (secondary N) is 1. The van der Waals surface area contributed by atoms with Crippen LogP contribution in [0.5, 0.6) is 0 Å². The van der Waals surface area contributed by atoms with E-state index in [9.17, 15) is 8.42 Å². The summed E-state index contributed by atoms with van der Waals surface area (Å²) in [4.78, 5) is 0. The predicted octanol–water partition coefficient (Wildman–Crippen LogP) is 1.75. The van der Waals surface area contributed by atoms with E-state index in [-0.39, 0.29) is 5.75 Å². The number of unbranched alkanes of at least 4 members (excludes halogenated alkanes) is 2. The zero-order chi connectivity index (χ0) is 13.4. The van der Waals surface area contributed by atoms with Crippen molar-refractivity contribution < 1.29 is 8.42 Å². The molecule has 0 fully saturated rings. The van der Waals surface area contributed by atoms with Gasteiger partial charge in [0.25, 0.3) is 0 Å². The van der Waals surface area contributed by atoms with Gasteiger partial charge in [-0.05, 0) is 17.5 Å². The first-order valence-corrected chi connectivity index (χ1v) is 7.98. The summed E-state index contributed by atoms with van der Waals surface area (Å²) in [5.74, 6) is 0.0208. The molecule has 4 nitrogen and oxygen atoms in total. The molecule has 0 radical (unpaired) electrons. The van der Waals surface area contributed by atoms with E-state index in [0.29, 0.717) is 13.1 Å². The molecule has 0 heterocycles. The molecule has 102 valence electrons. The molecule has 0 aliphatic carbocycles. The maximum atomic E-state index is 11.8. The molecule has 0 saturated heterocycles. The van der Waals surface area contributed by atoms with Crippen LogP contribution in [0.4, 0.5) is 0 Å². The highest BCUT2D eigenvalue weighted by molar-refractivity contribution is 7.88. The van der Waals surface area contributed by atoms with E-state index in [4.69, 9.17) is 5.73 Å². The molecule has 0 bridgehead atoms. The first-order chi connectivity index (χ1) is 8.57. The van der Waals surface area contributed by atoms with Gasteiger partial charge in [-0.1, -0.05) is 44.0 Å². The fraction of sp³-hybridized carbons (Fsp3) is 0.538. The van der Waals surface area contributed by atoms with Crippen molar-refractivity contribution in [3.05, 3.63) is 35.4 Å². The molecule has 0 saturated carbocycles. The quantitative estimate of drug-likeness (QED) is 0.707. The largest absolute Gasteiger partial charge is 0.326 e. The smallest absolute Gasteiger partial charge is 0.215 e. The summed E-state index contributed by atoms with van der Waals surface area (Å²) in [7, 11) is -3.23. The second kappa shape index (κ2) is 7.51. The summed E-state index contributed by atoms with van der Waals surface area (Å²) in [5.41, 5.74) is 7.26. The lowest BCUT2D eigenvalue weighted by Crippen LogP contribution is -2.26. The van der Waals surface area contributed by atoms with Gasteiger partial charge in [0, 0.05) is 13.1 Å². The molecule has 5 heteroatoms. The Morgan fingerprint density at radius 1 is 1.22 bits per heavy atom. The van der Waals surface area contributed by atoms with Gasteiger partial charge in [0.05, 0.1) is 5.75 Å². The van der Waals surface area contributed by atoms with Gasteiger partial charge in [-0.15, -0.1) is 0 Å². The average molecular weight is 270 g/mol. The molecule has 0 unspecified atom stereocenters. The second-order valence-corrected chi connectivity index (χ2v) is 6.19. The molecule has 1 aromatic carbocycles. The molecule has 3 N–H and O–H groups in total. The number of rotatable bonds is 8. The highest BCUT2D eigenvalue weighted by Crippen LogP contribution is 2.08. The first kappa shape index (κ1) is 15.1. The zero-order valence-electron chi connectivity index (χ0n) is 10.9. The van der Waals surface area contributed by atoms with Crippen LogP contribution in [0.1, 0.15) is 37.3 Å². The van der Waals surface area contributed by atoms with E-state index in [2.05, 4.69) is 11.6 Å². The summed E-state index contributed by atoms with van der Waals surface area (Å²) in [6, 6.07) is 7.38. The summed E-state index contributed by atoms with van der Waals surface area (Å²) in [6.45, 7) is 3.04. The van der Waals surface area contributed by atoms with Crippen molar-refractivity contribution in [2.75, 3.05) is 6.54 Å². The number of benzene rings is 1. The van der Waals surface area contributed by atoms with Crippen LogP contribution in [0, 0.1) is 0 Å². The Labute approximate surface area is 110 Å². The van der Waals surface area contributed by atoms with Gasteiger partial charge in [-0.25, -0.2) is 13.1 Å². The van der Waals surface area contributed by atoms with Gasteiger partial charge in [0.15, 0.2) is 0 Å². The van der Waals surface area contributed by atoms with Crippen LogP contribution in [0.2, 0.25) is 0 Å². The second-order valence-electron chi connectivity index (χ2n) is 4.38. The Morgan fingerprint density at radius 2 is 1.94 bits per heavy atom. The molecule has 0 aromatic heterocycles. The summed E-state index contributed by atoms with van der Waals surface area (Å²) in [5, 5.41) is 0. The topological polar surface area (TPSA) is 72.2 Å². The molecule has 1 aromatic rings. The molecule has 1 rings (SSSR count).